The Labute approximate surface area is 159 Å². The zero-order valence-electron chi connectivity index (χ0n) is 15.4. The molecule has 0 saturated heterocycles. The molecule has 2 heterocycles. The smallest absolute Gasteiger partial charge is 0.299 e. The first-order chi connectivity index (χ1) is 13.2. The maximum atomic E-state index is 14.9. The molecule has 1 aliphatic rings. The van der Waals surface area contributed by atoms with Crippen molar-refractivity contribution in [2.75, 3.05) is 18.5 Å². The van der Waals surface area contributed by atoms with Crippen molar-refractivity contribution in [3.05, 3.63) is 47.0 Å². The number of alkyl halides is 2. The summed E-state index contributed by atoms with van der Waals surface area (Å²) < 4.78 is 49.4. The van der Waals surface area contributed by atoms with Crippen LogP contribution in [0.4, 0.5) is 18.9 Å². The zero-order valence-corrected chi connectivity index (χ0v) is 15.4. The summed E-state index contributed by atoms with van der Waals surface area (Å²) in [5.41, 5.74) is 3.94. The third kappa shape index (κ3) is 3.35. The van der Waals surface area contributed by atoms with Gasteiger partial charge in [-0.3, -0.25) is 14.9 Å². The number of amides is 1. The summed E-state index contributed by atoms with van der Waals surface area (Å²) in [5.74, 6) is -5.10. The number of hydrogen-bond acceptors (Lipinski definition) is 5. The second-order valence-corrected chi connectivity index (χ2v) is 6.58. The van der Waals surface area contributed by atoms with Gasteiger partial charge in [0.25, 0.3) is 11.8 Å². The van der Waals surface area contributed by atoms with Crippen LogP contribution in [0.5, 0.6) is 0 Å². The minimum absolute atomic E-state index is 0.131. The third-order valence-electron chi connectivity index (χ3n) is 4.70. The number of aromatic amines is 1. The minimum atomic E-state index is -3.51. The Hall–Kier alpha value is -2.88. The number of nitrogens with one attached hydrogen (secondary N) is 2. The molecule has 0 bridgehead atoms. The van der Waals surface area contributed by atoms with Crippen LogP contribution < -0.4 is 11.1 Å². The number of nitrogens with two attached hydrogens (primary N) is 1. The van der Waals surface area contributed by atoms with E-state index in [-0.39, 0.29) is 35.8 Å². The molecule has 0 saturated carbocycles. The number of H-pyrrole nitrogens is 1. The van der Waals surface area contributed by atoms with E-state index in [1.807, 2.05) is 0 Å². The van der Waals surface area contributed by atoms with Gasteiger partial charge in [0, 0.05) is 17.4 Å². The fourth-order valence-electron chi connectivity index (χ4n) is 3.24. The highest BCUT2D eigenvalue weighted by Gasteiger charge is 2.56. The number of anilines is 1. The number of amidine groups is 1. The lowest BCUT2D eigenvalue weighted by molar-refractivity contribution is -0.123. The number of carbonyl (C=O) groups excluding carboxylic acids is 1. The first-order valence-electron chi connectivity index (χ1n) is 8.61. The number of aliphatic imine (C=N–C) groups is 1. The molecule has 0 fully saturated rings. The molecule has 4 N–H and O–H groups in total. The summed E-state index contributed by atoms with van der Waals surface area (Å²) in [4.78, 5) is 16.3. The Balaban J connectivity index is 2.05. The van der Waals surface area contributed by atoms with Crippen LogP contribution in [-0.2, 0) is 10.3 Å². The van der Waals surface area contributed by atoms with Crippen molar-refractivity contribution in [2.24, 2.45) is 10.7 Å². The molecule has 1 unspecified atom stereocenters. The molecule has 7 nitrogen and oxygen atoms in total. The number of rotatable bonds is 4. The Morgan fingerprint density at radius 2 is 2.18 bits per heavy atom. The summed E-state index contributed by atoms with van der Waals surface area (Å²) in [6.07, 6.45) is 1.32. The van der Waals surface area contributed by atoms with Crippen molar-refractivity contribution in [3.63, 3.8) is 0 Å². The molecule has 0 spiro atoms. The van der Waals surface area contributed by atoms with E-state index in [0.29, 0.717) is 5.56 Å². The molecule has 2 aromatic rings. The minimum Gasteiger partial charge on any atom is -0.385 e. The monoisotopic (exact) mass is 395 g/mol. The van der Waals surface area contributed by atoms with Crippen molar-refractivity contribution >= 4 is 17.4 Å². The highest BCUT2D eigenvalue weighted by atomic mass is 19.3. The van der Waals surface area contributed by atoms with Crippen molar-refractivity contribution in [3.8, 4) is 0 Å². The average molecular weight is 395 g/mol. The molecule has 1 amide bonds. The van der Waals surface area contributed by atoms with Crippen molar-refractivity contribution in [1.82, 2.24) is 10.2 Å². The number of carbonyl (C=O) groups is 1. The average Bonchev–Trinajstić information content (AvgIpc) is 3.02. The fraction of sp³-hybridized carbons (Fsp3) is 0.389. The summed E-state index contributed by atoms with van der Waals surface area (Å²) in [5, 5.41) is 8.93. The Kier molecular flexibility index (Phi) is 5.16. The Morgan fingerprint density at radius 1 is 1.43 bits per heavy atom. The van der Waals surface area contributed by atoms with Crippen molar-refractivity contribution < 1.29 is 22.7 Å². The number of hydrogen-bond donors (Lipinski definition) is 3. The first-order valence-corrected chi connectivity index (χ1v) is 8.61. The second kappa shape index (κ2) is 7.27. The lowest BCUT2D eigenvalue weighted by atomic mass is 9.81. The van der Waals surface area contributed by atoms with E-state index in [2.05, 4.69) is 20.5 Å². The second-order valence-electron chi connectivity index (χ2n) is 6.58. The molecule has 1 aliphatic heterocycles. The third-order valence-corrected chi connectivity index (χ3v) is 4.70. The number of aryl methyl sites for hydroxylation is 1. The maximum absolute atomic E-state index is 14.9. The molecule has 3 rings (SSSR count). The molecule has 150 valence electrons. The number of aromatic nitrogens is 2. The van der Waals surface area contributed by atoms with E-state index in [0.717, 1.165) is 12.1 Å². The number of ether oxygens (including phenoxy) is 1. The van der Waals surface area contributed by atoms with Gasteiger partial charge in [-0.25, -0.2) is 13.2 Å². The summed E-state index contributed by atoms with van der Waals surface area (Å²) in [7, 11) is 0. The highest BCUT2D eigenvalue weighted by molar-refractivity contribution is 6.03. The molecular weight excluding hydrogens is 375 g/mol. The Bertz CT molecular complexity index is 928. The van der Waals surface area contributed by atoms with Gasteiger partial charge >= 0.3 is 0 Å². The summed E-state index contributed by atoms with van der Waals surface area (Å²) in [6, 6.07) is 3.43. The molecule has 0 aliphatic carbocycles. The van der Waals surface area contributed by atoms with Gasteiger partial charge in [0.15, 0.2) is 11.2 Å². The van der Waals surface area contributed by atoms with Crippen molar-refractivity contribution in [1.29, 1.82) is 0 Å². The number of benzene rings is 1. The van der Waals surface area contributed by atoms with Crippen LogP contribution in [-0.4, -0.2) is 41.1 Å². The molecule has 1 atom stereocenters. The topological polar surface area (TPSA) is 105 Å². The normalized spacial score (nSPS) is 21.7. The zero-order chi connectivity index (χ0) is 20.5. The maximum Gasteiger partial charge on any atom is 0.299 e. The van der Waals surface area contributed by atoms with Crippen LogP contribution >= 0.6 is 0 Å². The van der Waals surface area contributed by atoms with Gasteiger partial charge < -0.3 is 15.8 Å². The van der Waals surface area contributed by atoms with E-state index in [1.165, 1.54) is 13.0 Å². The van der Waals surface area contributed by atoms with Gasteiger partial charge in [-0.2, -0.15) is 5.10 Å². The molecule has 28 heavy (non-hydrogen) atoms. The van der Waals surface area contributed by atoms with Gasteiger partial charge in [-0.05, 0) is 37.1 Å². The fourth-order valence-corrected chi connectivity index (χ4v) is 3.24. The predicted molar refractivity (Wildman–Crippen MR) is 97.0 cm³/mol. The van der Waals surface area contributed by atoms with E-state index >= 15 is 0 Å². The molecular formula is C18H20F3N5O2. The van der Waals surface area contributed by atoms with Crippen LogP contribution in [0, 0.1) is 12.7 Å². The van der Waals surface area contributed by atoms with Gasteiger partial charge in [0.1, 0.15) is 24.9 Å². The molecule has 0 radical (unpaired) electrons. The van der Waals surface area contributed by atoms with Crippen LogP contribution in [0.25, 0.3) is 0 Å². The predicted octanol–water partition coefficient (Wildman–Crippen LogP) is 2.74. The summed E-state index contributed by atoms with van der Waals surface area (Å²) in [6.45, 7) is 1.93. The standard InChI is InChI=1S/C18H20F3N5O2/c1-3-17(18(20,21)9-28-8-14(22)25-17)12-6-11(4-5-13(12)19)24-16(27)15-10(2)7-23-26-15/h4-7H,3,8-9H2,1-2H3,(H2,22,25)(H,23,26)(H,24,27). The van der Waals surface area contributed by atoms with Crippen molar-refractivity contribution in [2.45, 2.75) is 31.7 Å². The lowest BCUT2D eigenvalue weighted by Crippen LogP contribution is -2.47. The SMILES string of the molecule is CCC1(c2cc(NC(=O)c3n[nH]cc3C)ccc2F)N=C(N)COCC1(F)F. The quantitative estimate of drug-likeness (QED) is 0.740. The molecule has 10 heteroatoms. The first kappa shape index (κ1) is 19.9. The summed E-state index contributed by atoms with van der Waals surface area (Å²) >= 11 is 0. The Morgan fingerprint density at radius 3 is 2.82 bits per heavy atom. The van der Waals surface area contributed by atoms with E-state index in [9.17, 15) is 18.0 Å². The van der Waals surface area contributed by atoms with Gasteiger partial charge in [0.05, 0.1) is 0 Å². The van der Waals surface area contributed by atoms with Crippen LogP contribution in [0.3, 0.4) is 0 Å². The van der Waals surface area contributed by atoms with Gasteiger partial charge in [-0.15, -0.1) is 0 Å². The number of halogens is 3. The van der Waals surface area contributed by atoms with Gasteiger partial charge in [-0.1, -0.05) is 6.92 Å². The van der Waals surface area contributed by atoms with Crippen LogP contribution in [0.1, 0.15) is 35.0 Å². The van der Waals surface area contributed by atoms with Crippen LogP contribution in [0.2, 0.25) is 0 Å². The number of nitrogens with zero attached hydrogens (tertiary/aromatic N) is 2. The largest absolute Gasteiger partial charge is 0.385 e. The van der Waals surface area contributed by atoms with Crippen LogP contribution in [0.15, 0.2) is 29.4 Å². The van der Waals surface area contributed by atoms with E-state index in [4.69, 9.17) is 10.5 Å². The highest BCUT2D eigenvalue weighted by Crippen LogP contribution is 2.46. The lowest BCUT2D eigenvalue weighted by Gasteiger charge is -2.36. The molecule has 1 aromatic carbocycles. The van der Waals surface area contributed by atoms with E-state index < -0.39 is 29.8 Å². The van der Waals surface area contributed by atoms with E-state index in [1.54, 1.807) is 13.1 Å². The van der Waals surface area contributed by atoms with Gasteiger partial charge in [0.2, 0.25) is 0 Å². The molecule has 1 aromatic heterocycles.